The van der Waals surface area contributed by atoms with Crippen LogP contribution in [0.4, 0.5) is 10.5 Å². The van der Waals surface area contributed by atoms with Crippen molar-refractivity contribution in [2.24, 2.45) is 5.41 Å². The summed E-state index contributed by atoms with van der Waals surface area (Å²) in [5.41, 5.74) is 0.834. The Morgan fingerprint density at radius 1 is 1.16 bits per heavy atom. The molecule has 0 saturated carbocycles. The maximum Gasteiger partial charge on any atom is 0.412 e. The summed E-state index contributed by atoms with van der Waals surface area (Å²) >= 11 is 2.11. The fraction of sp³-hybridized carbons (Fsp3) is 0.292. The molecule has 1 amide bonds. The third kappa shape index (κ3) is 7.37. The molecule has 32 heavy (non-hydrogen) atoms. The minimum absolute atomic E-state index is 0.00294. The first-order valence-corrected chi connectivity index (χ1v) is 11.0. The molecule has 0 aromatic heterocycles. The number of carbonyl (C=O) groups is 3. The van der Waals surface area contributed by atoms with E-state index in [0.29, 0.717) is 29.7 Å². The van der Waals surface area contributed by atoms with Crippen LogP contribution >= 0.6 is 22.6 Å². The van der Waals surface area contributed by atoms with E-state index in [0.717, 1.165) is 9.65 Å². The number of nitrogens with one attached hydrogen (secondary N) is 1. The Morgan fingerprint density at radius 3 is 2.41 bits per heavy atom. The normalized spacial score (nSPS) is 12.4. The zero-order chi connectivity index (χ0) is 23.9. The monoisotopic (exact) mass is 551 g/mol. The summed E-state index contributed by atoms with van der Waals surface area (Å²) in [6.07, 6.45) is 2.08. The number of halogens is 1. The number of benzene rings is 2. The van der Waals surface area contributed by atoms with Gasteiger partial charge in [-0.25, -0.2) is 9.59 Å². The highest BCUT2D eigenvalue weighted by atomic mass is 127. The SMILES string of the molecule is CC(=O)c1ccc(NC(=O)O[C@H](c2cc(I)ccc2O)C(C)(C)CC/C=C/C(=O)O)cc1. The number of hydrogen-bond acceptors (Lipinski definition) is 5. The number of hydrogen-bond donors (Lipinski definition) is 3. The number of aromatic hydroxyl groups is 1. The molecule has 0 saturated heterocycles. The second-order valence-corrected chi connectivity index (χ2v) is 9.26. The number of anilines is 1. The zero-order valence-corrected chi connectivity index (χ0v) is 20.3. The van der Waals surface area contributed by atoms with Crippen LogP contribution in [-0.2, 0) is 9.53 Å². The summed E-state index contributed by atoms with van der Waals surface area (Å²) in [5, 5.41) is 21.9. The Labute approximate surface area is 200 Å². The van der Waals surface area contributed by atoms with E-state index >= 15 is 0 Å². The molecule has 0 fully saturated rings. The lowest BCUT2D eigenvalue weighted by atomic mass is 9.78. The third-order valence-electron chi connectivity index (χ3n) is 4.96. The van der Waals surface area contributed by atoms with E-state index in [-0.39, 0.29) is 11.5 Å². The Morgan fingerprint density at radius 2 is 1.81 bits per heavy atom. The fourth-order valence-electron chi connectivity index (χ4n) is 3.19. The van der Waals surface area contributed by atoms with E-state index in [2.05, 4.69) is 27.9 Å². The van der Waals surface area contributed by atoms with Gasteiger partial charge in [-0.15, -0.1) is 0 Å². The Bertz CT molecular complexity index is 1010. The van der Waals surface area contributed by atoms with Gasteiger partial charge in [-0.1, -0.05) is 19.9 Å². The molecular weight excluding hydrogens is 525 g/mol. The molecule has 0 radical (unpaired) electrons. The number of allylic oxidation sites excluding steroid dienone is 1. The number of carboxylic acid groups (broad SMARTS) is 1. The van der Waals surface area contributed by atoms with Gasteiger partial charge in [-0.2, -0.15) is 0 Å². The number of aliphatic carboxylic acids is 1. The largest absolute Gasteiger partial charge is 0.508 e. The van der Waals surface area contributed by atoms with Gasteiger partial charge >= 0.3 is 12.1 Å². The van der Waals surface area contributed by atoms with Crippen molar-refractivity contribution in [3.8, 4) is 5.75 Å². The van der Waals surface area contributed by atoms with Crippen molar-refractivity contribution < 1.29 is 29.3 Å². The minimum Gasteiger partial charge on any atom is -0.508 e. The Hall–Kier alpha value is -2.88. The van der Waals surface area contributed by atoms with Gasteiger partial charge in [-0.3, -0.25) is 10.1 Å². The number of phenols is 1. The Balaban J connectivity index is 2.25. The molecule has 3 N–H and O–H groups in total. The van der Waals surface area contributed by atoms with Crippen molar-refractivity contribution in [3.63, 3.8) is 0 Å². The van der Waals surface area contributed by atoms with E-state index in [1.165, 1.54) is 6.92 Å². The number of amides is 1. The van der Waals surface area contributed by atoms with Crippen LogP contribution in [-0.4, -0.2) is 28.1 Å². The van der Waals surface area contributed by atoms with Crippen LogP contribution in [0.25, 0.3) is 0 Å². The topological polar surface area (TPSA) is 113 Å². The molecule has 0 aliphatic rings. The van der Waals surface area contributed by atoms with Crippen molar-refractivity contribution in [3.05, 3.63) is 69.3 Å². The van der Waals surface area contributed by atoms with E-state index in [1.54, 1.807) is 48.5 Å². The molecule has 8 heteroatoms. The van der Waals surface area contributed by atoms with Crippen LogP contribution < -0.4 is 5.32 Å². The van der Waals surface area contributed by atoms with Crippen LogP contribution in [0.15, 0.2) is 54.6 Å². The molecule has 2 aromatic rings. The number of rotatable bonds is 9. The van der Waals surface area contributed by atoms with Gasteiger partial charge in [0.1, 0.15) is 11.9 Å². The van der Waals surface area contributed by atoms with Crippen LogP contribution in [0.3, 0.4) is 0 Å². The Kier molecular flexibility index (Phi) is 8.82. The molecule has 7 nitrogen and oxygen atoms in total. The lowest BCUT2D eigenvalue weighted by Crippen LogP contribution is -2.29. The van der Waals surface area contributed by atoms with Gasteiger partial charge in [0, 0.05) is 31.9 Å². The molecule has 0 spiro atoms. The average Bonchev–Trinajstić information content (AvgIpc) is 2.71. The van der Waals surface area contributed by atoms with E-state index in [1.807, 2.05) is 13.8 Å². The van der Waals surface area contributed by atoms with Crippen molar-refractivity contribution in [1.82, 2.24) is 0 Å². The number of ether oxygens (including phenoxy) is 1. The number of phenolic OH excluding ortho intramolecular Hbond substituents is 1. The van der Waals surface area contributed by atoms with Crippen LogP contribution in [0.2, 0.25) is 0 Å². The van der Waals surface area contributed by atoms with E-state index < -0.39 is 23.6 Å². The molecule has 0 unspecified atom stereocenters. The average molecular weight is 551 g/mol. The molecule has 2 rings (SSSR count). The van der Waals surface area contributed by atoms with Gasteiger partial charge in [0.2, 0.25) is 0 Å². The van der Waals surface area contributed by atoms with Crippen molar-refractivity contribution in [2.75, 3.05) is 5.32 Å². The molecule has 0 heterocycles. The molecule has 0 aliphatic carbocycles. The summed E-state index contributed by atoms with van der Waals surface area (Å²) in [6, 6.07) is 11.5. The highest BCUT2D eigenvalue weighted by Gasteiger charge is 2.35. The molecule has 170 valence electrons. The van der Waals surface area contributed by atoms with Crippen molar-refractivity contribution in [1.29, 1.82) is 0 Å². The predicted molar refractivity (Wildman–Crippen MR) is 130 cm³/mol. The van der Waals surface area contributed by atoms with Crippen LogP contribution in [0.1, 0.15) is 55.6 Å². The van der Waals surface area contributed by atoms with E-state index in [4.69, 9.17) is 9.84 Å². The third-order valence-corrected chi connectivity index (χ3v) is 5.63. The highest BCUT2D eigenvalue weighted by molar-refractivity contribution is 14.1. The molecule has 0 aliphatic heterocycles. The van der Waals surface area contributed by atoms with E-state index in [9.17, 15) is 19.5 Å². The number of ketones is 1. The van der Waals surface area contributed by atoms with Gasteiger partial charge in [0.25, 0.3) is 0 Å². The highest BCUT2D eigenvalue weighted by Crippen LogP contribution is 2.44. The van der Waals surface area contributed by atoms with Gasteiger partial charge in [-0.05, 0) is 84.8 Å². The molecule has 1 atom stereocenters. The first kappa shape index (κ1) is 25.4. The number of Topliss-reactive ketones (excluding diaryl/α,β-unsaturated/α-hetero) is 1. The number of carbonyl (C=O) groups excluding carboxylic acids is 2. The standard InChI is InChI=1S/C24H26INO6/c1-15(27)16-7-10-18(11-8-16)26-23(31)32-22(19-14-17(25)9-12-20(19)28)24(2,3)13-5-4-6-21(29)30/h4,6-12,14,22,28H,5,13H2,1-3H3,(H,26,31)(H,29,30)/b6-4+/t22-/m1/s1. The van der Waals surface area contributed by atoms with Crippen LogP contribution in [0, 0.1) is 8.99 Å². The van der Waals surface area contributed by atoms with Crippen molar-refractivity contribution in [2.45, 2.75) is 39.7 Å². The maximum atomic E-state index is 12.7. The lowest BCUT2D eigenvalue weighted by molar-refractivity contribution is -0.131. The van der Waals surface area contributed by atoms with Gasteiger partial charge in [0.05, 0.1) is 0 Å². The molecular formula is C24H26INO6. The minimum atomic E-state index is -1.03. The fourth-order valence-corrected chi connectivity index (χ4v) is 3.71. The first-order valence-electron chi connectivity index (χ1n) is 9.96. The second kappa shape index (κ2) is 11.1. The smallest absolute Gasteiger partial charge is 0.412 e. The van der Waals surface area contributed by atoms with Gasteiger partial charge < -0.3 is 14.9 Å². The van der Waals surface area contributed by atoms with Crippen LogP contribution in [0.5, 0.6) is 5.75 Å². The molecule has 2 aromatic carbocycles. The van der Waals surface area contributed by atoms with Gasteiger partial charge in [0.15, 0.2) is 5.78 Å². The lowest BCUT2D eigenvalue weighted by Gasteiger charge is -2.34. The summed E-state index contributed by atoms with van der Waals surface area (Å²) in [7, 11) is 0. The summed E-state index contributed by atoms with van der Waals surface area (Å²) in [4.78, 5) is 34.8. The quantitative estimate of drug-likeness (QED) is 0.202. The second-order valence-electron chi connectivity index (χ2n) is 8.01. The zero-order valence-electron chi connectivity index (χ0n) is 18.1. The predicted octanol–water partition coefficient (Wildman–Crippen LogP) is 5.94. The van der Waals surface area contributed by atoms with Crippen molar-refractivity contribution >= 4 is 46.1 Å². The maximum absolute atomic E-state index is 12.7. The summed E-state index contributed by atoms with van der Waals surface area (Å²) in [5.74, 6) is -1.10. The number of carboxylic acids is 1. The first-order chi connectivity index (χ1) is 15.0. The summed E-state index contributed by atoms with van der Waals surface area (Å²) in [6.45, 7) is 5.24. The molecule has 0 bridgehead atoms. The summed E-state index contributed by atoms with van der Waals surface area (Å²) < 4.78 is 6.64.